The zero-order valence-electron chi connectivity index (χ0n) is 11.6. The van der Waals surface area contributed by atoms with E-state index in [0.29, 0.717) is 0 Å². The minimum absolute atomic E-state index is 0.190. The number of primary amides is 1. The summed E-state index contributed by atoms with van der Waals surface area (Å²) in [6.45, 7) is 3.75. The van der Waals surface area contributed by atoms with Crippen LogP contribution in [0.5, 0.6) is 0 Å². The molecule has 21 heavy (non-hydrogen) atoms. The van der Waals surface area contributed by atoms with Crippen LogP contribution in [0, 0.1) is 6.92 Å². The molecule has 0 fully saturated rings. The molecule has 2 aromatic rings. The normalized spacial score (nSPS) is 13.9. The van der Waals surface area contributed by atoms with E-state index < -0.39 is 5.91 Å². The average Bonchev–Trinajstić information content (AvgIpc) is 2.46. The van der Waals surface area contributed by atoms with Crippen molar-refractivity contribution < 1.29 is 4.79 Å². The van der Waals surface area contributed by atoms with Gasteiger partial charge in [0.15, 0.2) is 11.5 Å². The van der Waals surface area contributed by atoms with Crippen LogP contribution < -0.4 is 10.6 Å². The maximum atomic E-state index is 11.0. The van der Waals surface area contributed by atoms with E-state index in [1.54, 1.807) is 12.1 Å². The second kappa shape index (κ2) is 5.44. The molecule has 1 aliphatic heterocycles. The molecule has 0 bridgehead atoms. The fourth-order valence-electron chi connectivity index (χ4n) is 2.62. The third-order valence-electron chi connectivity index (χ3n) is 3.65. The average molecular weight is 347 g/mol. The van der Waals surface area contributed by atoms with E-state index in [4.69, 9.17) is 5.73 Å². The number of hydrogen-bond acceptors (Lipinski definition) is 4. The van der Waals surface area contributed by atoms with E-state index >= 15 is 0 Å². The molecular weight excluding hydrogens is 332 g/mol. The Kier molecular flexibility index (Phi) is 3.63. The first-order valence-corrected chi connectivity index (χ1v) is 7.50. The number of fused-ring (bicyclic) bond motifs is 1. The van der Waals surface area contributed by atoms with Gasteiger partial charge >= 0.3 is 0 Å². The molecule has 2 N–H and O–H groups in total. The van der Waals surface area contributed by atoms with Crippen molar-refractivity contribution >= 4 is 27.7 Å². The molecule has 1 aliphatic rings. The summed E-state index contributed by atoms with van der Waals surface area (Å²) in [5.74, 6) is 0.209. The van der Waals surface area contributed by atoms with Crippen molar-refractivity contribution in [2.75, 3.05) is 11.4 Å². The van der Waals surface area contributed by atoms with Gasteiger partial charge < -0.3 is 10.6 Å². The van der Waals surface area contributed by atoms with Crippen LogP contribution in [0.3, 0.4) is 0 Å². The first-order chi connectivity index (χ1) is 10.0. The quantitative estimate of drug-likeness (QED) is 0.904. The molecule has 0 saturated carbocycles. The fourth-order valence-corrected chi connectivity index (χ4v) is 3.43. The molecule has 3 rings (SSSR count). The van der Waals surface area contributed by atoms with Crippen LogP contribution in [0.2, 0.25) is 0 Å². The zero-order chi connectivity index (χ0) is 15.0. The number of halogens is 1. The lowest BCUT2D eigenvalue weighted by molar-refractivity contribution is 0.0994. The van der Waals surface area contributed by atoms with Gasteiger partial charge in [-0.15, -0.1) is 10.2 Å². The SMILES string of the molecule is Cc1cc(Br)c2c(c1)CN(c1ccc(C(N)=O)nn1)CC2. The van der Waals surface area contributed by atoms with Gasteiger partial charge in [0.25, 0.3) is 5.91 Å². The Hall–Kier alpha value is -1.95. The molecule has 0 unspecified atom stereocenters. The van der Waals surface area contributed by atoms with Crippen LogP contribution in [0.4, 0.5) is 5.82 Å². The topological polar surface area (TPSA) is 72.1 Å². The summed E-state index contributed by atoms with van der Waals surface area (Å²) in [4.78, 5) is 13.2. The highest BCUT2D eigenvalue weighted by Gasteiger charge is 2.20. The van der Waals surface area contributed by atoms with Crippen molar-refractivity contribution in [1.29, 1.82) is 0 Å². The molecule has 0 spiro atoms. The summed E-state index contributed by atoms with van der Waals surface area (Å²) in [6.07, 6.45) is 0.954. The summed E-state index contributed by atoms with van der Waals surface area (Å²) in [6, 6.07) is 7.77. The number of aryl methyl sites for hydroxylation is 1. The summed E-state index contributed by atoms with van der Waals surface area (Å²) in [5.41, 5.74) is 9.26. The predicted octanol–water partition coefficient (Wildman–Crippen LogP) is 2.21. The van der Waals surface area contributed by atoms with Crippen LogP contribution in [0.1, 0.15) is 27.2 Å². The standard InChI is InChI=1S/C15H15BrN4O/c1-9-6-10-8-20(5-4-11(10)12(16)7-9)14-3-2-13(15(17)21)18-19-14/h2-3,6-7H,4-5,8H2,1H3,(H2,17,21). The number of amides is 1. The van der Waals surface area contributed by atoms with Crippen molar-refractivity contribution in [3.05, 3.63) is 51.1 Å². The van der Waals surface area contributed by atoms with Gasteiger partial charge in [0.2, 0.25) is 0 Å². The van der Waals surface area contributed by atoms with E-state index in [1.165, 1.54) is 21.2 Å². The lowest BCUT2D eigenvalue weighted by Crippen LogP contribution is -2.31. The third kappa shape index (κ3) is 2.76. The molecular formula is C15H15BrN4O. The first-order valence-electron chi connectivity index (χ1n) is 6.71. The molecule has 0 atom stereocenters. The van der Waals surface area contributed by atoms with E-state index in [0.717, 1.165) is 25.3 Å². The van der Waals surface area contributed by atoms with Crippen molar-refractivity contribution in [1.82, 2.24) is 10.2 Å². The Morgan fingerprint density at radius 1 is 1.33 bits per heavy atom. The lowest BCUT2D eigenvalue weighted by atomic mass is 9.98. The van der Waals surface area contributed by atoms with Gasteiger partial charge in [-0.2, -0.15) is 0 Å². The van der Waals surface area contributed by atoms with E-state index in [2.05, 4.69) is 50.1 Å². The minimum Gasteiger partial charge on any atom is -0.364 e. The Labute approximate surface area is 131 Å². The highest BCUT2D eigenvalue weighted by Crippen LogP contribution is 2.29. The second-order valence-corrected chi connectivity index (χ2v) is 6.05. The van der Waals surface area contributed by atoms with Gasteiger partial charge in [-0.3, -0.25) is 4.79 Å². The number of hydrogen-bond donors (Lipinski definition) is 1. The van der Waals surface area contributed by atoms with E-state index in [9.17, 15) is 4.79 Å². The number of nitrogens with zero attached hydrogens (tertiary/aromatic N) is 3. The maximum Gasteiger partial charge on any atom is 0.269 e. The smallest absolute Gasteiger partial charge is 0.269 e. The van der Waals surface area contributed by atoms with Gasteiger partial charge in [0.1, 0.15) is 0 Å². The molecule has 1 aromatic carbocycles. The molecule has 1 amide bonds. The van der Waals surface area contributed by atoms with Crippen LogP contribution in [-0.4, -0.2) is 22.6 Å². The molecule has 5 nitrogen and oxygen atoms in total. The number of nitrogens with two attached hydrogens (primary N) is 1. The van der Waals surface area contributed by atoms with Crippen molar-refractivity contribution in [2.45, 2.75) is 19.9 Å². The Morgan fingerprint density at radius 3 is 2.81 bits per heavy atom. The van der Waals surface area contributed by atoms with E-state index in [1.807, 2.05) is 0 Å². The van der Waals surface area contributed by atoms with Crippen molar-refractivity contribution in [2.24, 2.45) is 5.73 Å². The monoisotopic (exact) mass is 346 g/mol. The fraction of sp³-hybridized carbons (Fsp3) is 0.267. The van der Waals surface area contributed by atoms with Crippen LogP contribution in [0.25, 0.3) is 0 Å². The zero-order valence-corrected chi connectivity index (χ0v) is 13.2. The molecule has 1 aromatic heterocycles. The van der Waals surface area contributed by atoms with Gasteiger partial charge in [-0.25, -0.2) is 0 Å². The molecule has 0 saturated heterocycles. The lowest BCUT2D eigenvalue weighted by Gasteiger charge is -2.30. The first kappa shape index (κ1) is 14.0. The summed E-state index contributed by atoms with van der Waals surface area (Å²) in [5, 5.41) is 7.97. The van der Waals surface area contributed by atoms with Gasteiger partial charge in [-0.05, 0) is 48.2 Å². The highest BCUT2D eigenvalue weighted by atomic mass is 79.9. The summed E-state index contributed by atoms with van der Waals surface area (Å²) in [7, 11) is 0. The Morgan fingerprint density at radius 2 is 2.14 bits per heavy atom. The van der Waals surface area contributed by atoms with Gasteiger partial charge in [0, 0.05) is 17.6 Å². The summed E-state index contributed by atoms with van der Waals surface area (Å²) < 4.78 is 1.17. The van der Waals surface area contributed by atoms with Crippen molar-refractivity contribution in [3.8, 4) is 0 Å². The largest absolute Gasteiger partial charge is 0.364 e. The number of rotatable bonds is 2. The molecule has 6 heteroatoms. The maximum absolute atomic E-state index is 11.0. The van der Waals surface area contributed by atoms with Crippen LogP contribution in [-0.2, 0) is 13.0 Å². The number of carbonyl (C=O) groups is 1. The van der Waals surface area contributed by atoms with Gasteiger partial charge in [-0.1, -0.05) is 22.0 Å². The van der Waals surface area contributed by atoms with E-state index in [-0.39, 0.29) is 5.69 Å². The number of carbonyl (C=O) groups excluding carboxylic acids is 1. The molecule has 0 radical (unpaired) electrons. The Balaban J connectivity index is 1.87. The predicted molar refractivity (Wildman–Crippen MR) is 84.2 cm³/mol. The molecule has 0 aliphatic carbocycles. The van der Waals surface area contributed by atoms with Crippen LogP contribution in [0.15, 0.2) is 28.7 Å². The molecule has 108 valence electrons. The number of benzene rings is 1. The second-order valence-electron chi connectivity index (χ2n) is 5.20. The van der Waals surface area contributed by atoms with Crippen LogP contribution >= 0.6 is 15.9 Å². The van der Waals surface area contributed by atoms with Crippen molar-refractivity contribution in [3.63, 3.8) is 0 Å². The third-order valence-corrected chi connectivity index (χ3v) is 4.36. The number of anilines is 1. The highest BCUT2D eigenvalue weighted by molar-refractivity contribution is 9.10. The van der Waals surface area contributed by atoms with Gasteiger partial charge in [0.05, 0.1) is 0 Å². The number of aromatic nitrogens is 2. The Bertz CT molecular complexity index is 700. The minimum atomic E-state index is -0.558. The molecule has 2 heterocycles. The summed E-state index contributed by atoms with van der Waals surface area (Å²) >= 11 is 3.64.